The van der Waals surface area contributed by atoms with Crippen molar-refractivity contribution < 1.29 is 77.3 Å². The van der Waals surface area contributed by atoms with E-state index in [0.717, 1.165) is 6.92 Å². The number of amides is 14. The maximum absolute atomic E-state index is 15.3. The number of carbonyl (C=O) groups excluding carboxylic acids is 14. The van der Waals surface area contributed by atoms with Gasteiger partial charge in [-0.05, 0) is 182 Å². The predicted octanol–water partition coefficient (Wildman–Crippen LogP) is -2.81. The van der Waals surface area contributed by atoms with Crippen LogP contribution in [0.4, 0.5) is 4.79 Å². The molecule has 38 nitrogen and oxygen atoms in total. The minimum absolute atomic E-state index is 0.0146. The molecule has 1 fully saturated rings. The van der Waals surface area contributed by atoms with Crippen molar-refractivity contribution in [2.24, 2.45) is 34.6 Å². The van der Waals surface area contributed by atoms with Crippen molar-refractivity contribution in [1.82, 2.24) is 88.8 Å². The van der Waals surface area contributed by atoms with E-state index in [4.69, 9.17) is 33.8 Å². The van der Waals surface area contributed by atoms with Crippen molar-refractivity contribution in [3.63, 3.8) is 0 Å². The molecule has 654 valence electrons. The van der Waals surface area contributed by atoms with E-state index < -0.39 is 169 Å². The summed E-state index contributed by atoms with van der Waals surface area (Å²) in [6, 6.07) is 9.09. The molecule has 40 heteroatoms. The zero-order valence-corrected chi connectivity index (χ0v) is 69.9. The van der Waals surface area contributed by atoms with Gasteiger partial charge in [0, 0.05) is 66.9 Å². The number of rotatable bonds is 39. The number of pyridine rings is 1. The van der Waals surface area contributed by atoms with Crippen molar-refractivity contribution in [1.29, 1.82) is 0 Å². The smallest absolute Gasteiger partial charge is 0.345 e. The Labute approximate surface area is 705 Å². The zero-order valence-electron chi connectivity index (χ0n) is 68.3. The van der Waals surface area contributed by atoms with Crippen molar-refractivity contribution in [2.75, 3.05) is 71.4 Å². The average molecular weight is 1710 g/mol. The van der Waals surface area contributed by atoms with Crippen LogP contribution >= 0.6 is 23.5 Å². The molecule has 14 amide bonds. The highest BCUT2D eigenvalue weighted by atomic mass is 32.2. The van der Waals surface area contributed by atoms with E-state index in [-0.39, 0.29) is 109 Å². The highest BCUT2D eigenvalue weighted by Gasteiger charge is 2.39. The number of hydrogen-bond acceptors (Lipinski definition) is 25. The number of fused-ring (bicyclic) bond motifs is 1. The number of nitrogens with one attached hydrogen (secondary N) is 13. The standard InChI is InChI=1S/C80H116N22O16S2/c1-46(2)41-62-76(114)93-58(26-34-83)70(108)91-56(19-14-32-81)74(112)98-67(47(3)104)78(116)88-38-29-61(73(111)92-59(27-35-84)72(110)97-63(77(115)96-62)42-49-15-8-7-9-16-49)94-71(109)60(28-36-85)95-79(117)68(48(4)105)99-75(113)57(25-33-82)90-66(106)30-39-101(44-51(89-45-103)31-40-119-6)80(118)102-64-43-52(120-65-20-11-10-18-54(65)69(107)86-5)22-23-53(64)55(100-102)24-21-50-17-12-13-37-87-50/h7-13,15-18,20-24,37,43,45-48,51,56-63,67-68,104-105H,14,19,25-36,38-42,44,81-85H2,1-6H3,(H,86,107)(H,88,116)(H,89,103)(H,90,106)(H,91,108)(H,92,111)(H,93,114)(H,94,109)(H,95,117)(H,96,115)(H,97,110)(H,98,112)(H,99,113)/b24-21+/t47-,48-,51-,56-,57-,58-,59-,60-,61+,62-,63-,67-,68+/m1/s1. The van der Waals surface area contributed by atoms with Gasteiger partial charge in [-0.3, -0.25) is 67.3 Å². The molecule has 3 heterocycles. The van der Waals surface area contributed by atoms with Gasteiger partial charge in [-0.2, -0.15) is 21.5 Å². The molecule has 0 bridgehead atoms. The van der Waals surface area contributed by atoms with Crippen LogP contribution in [-0.2, 0) is 64.0 Å². The lowest BCUT2D eigenvalue weighted by Gasteiger charge is -2.29. The van der Waals surface area contributed by atoms with E-state index in [2.05, 4.69) is 74.1 Å². The number of carbonyl (C=O) groups is 14. The van der Waals surface area contributed by atoms with Crippen molar-refractivity contribution >= 4 is 130 Å². The topological polar surface area (TPSA) is 600 Å². The van der Waals surface area contributed by atoms with Crippen LogP contribution in [0.1, 0.15) is 119 Å². The molecule has 5 aromatic rings. The summed E-state index contributed by atoms with van der Waals surface area (Å²) in [7, 11) is 1.52. The van der Waals surface area contributed by atoms with Crippen molar-refractivity contribution in [3.8, 4) is 0 Å². The quantitative estimate of drug-likeness (QED) is 0.0177. The van der Waals surface area contributed by atoms with Crippen molar-refractivity contribution in [2.45, 2.75) is 187 Å². The lowest BCUT2D eigenvalue weighted by molar-refractivity contribution is -0.137. The third kappa shape index (κ3) is 30.7. The summed E-state index contributed by atoms with van der Waals surface area (Å²) in [4.78, 5) is 206. The molecule has 0 radical (unpaired) electrons. The Morgan fingerprint density at radius 2 is 1.26 bits per heavy atom. The Kier molecular flexibility index (Phi) is 41.4. The molecular weight excluding hydrogens is 1590 g/mol. The maximum Gasteiger partial charge on any atom is 0.345 e. The number of aromatic nitrogens is 3. The van der Waals surface area contributed by atoms with Gasteiger partial charge in [0.15, 0.2) is 0 Å². The second-order valence-electron chi connectivity index (χ2n) is 29.1. The molecule has 0 aliphatic carbocycles. The second kappa shape index (κ2) is 50.8. The number of hydrogen-bond donors (Lipinski definition) is 20. The SMILES string of the molecule is CNC(=O)c1ccccc1Sc1ccc2c(/C=C/c3ccccn3)nn(C(=O)N(CCC(=O)N[C@H](CCN)C(=O)N[C@H](C(=O)N[C@H](CCN)C(=O)N[C@H]3CCNC(=O)[C@@H]([C@@H](C)O)NC(=O)[C@@H](CCCN)NC(=O)[C@@H](CCN)NC(=O)[C@@H](CC(C)C)NC(=O)[C@@H](Cc4ccccc4)NC(=O)[C@@H](CCN)NC3=O)[C@@H](C)O)C[C@@H](CCSC)NC=O)c2c1. The molecule has 13 atom stereocenters. The summed E-state index contributed by atoms with van der Waals surface area (Å²) < 4.78 is 1.18. The molecule has 1 aliphatic heterocycles. The molecule has 0 saturated carbocycles. The first-order chi connectivity index (χ1) is 57.5. The van der Waals surface area contributed by atoms with E-state index in [1.807, 2.05) is 12.3 Å². The van der Waals surface area contributed by atoms with Gasteiger partial charge >= 0.3 is 6.03 Å². The monoisotopic (exact) mass is 1700 g/mol. The first-order valence-corrected chi connectivity index (χ1v) is 42.0. The van der Waals surface area contributed by atoms with E-state index in [0.29, 0.717) is 61.8 Å². The number of aliphatic hydroxyl groups excluding tert-OH is 2. The van der Waals surface area contributed by atoms with Gasteiger partial charge in [0.1, 0.15) is 60.4 Å². The molecular formula is C80H116N22O16S2. The molecule has 3 aromatic carbocycles. The predicted molar refractivity (Wildman–Crippen MR) is 453 cm³/mol. The number of benzene rings is 3. The lowest BCUT2D eigenvalue weighted by Crippen LogP contribution is -2.62. The molecule has 1 saturated heterocycles. The van der Waals surface area contributed by atoms with Crippen LogP contribution in [0.5, 0.6) is 0 Å². The highest BCUT2D eigenvalue weighted by molar-refractivity contribution is 7.99. The number of aliphatic hydroxyl groups is 2. The molecule has 0 unspecified atom stereocenters. The fourth-order valence-electron chi connectivity index (χ4n) is 12.9. The summed E-state index contributed by atoms with van der Waals surface area (Å²) in [5.74, 6) is -10.7. The largest absolute Gasteiger partial charge is 0.391 e. The number of thioether (sulfide) groups is 1. The maximum atomic E-state index is 15.3. The third-order valence-corrected chi connectivity index (χ3v) is 21.0. The van der Waals surface area contributed by atoms with Crippen molar-refractivity contribution in [3.05, 3.63) is 120 Å². The van der Waals surface area contributed by atoms with E-state index >= 15 is 4.79 Å². The van der Waals surface area contributed by atoms with Gasteiger partial charge in [0.2, 0.25) is 71.4 Å². The van der Waals surface area contributed by atoms with Crippen LogP contribution in [0, 0.1) is 5.92 Å². The molecule has 2 aromatic heterocycles. The minimum Gasteiger partial charge on any atom is -0.391 e. The fourth-order valence-corrected chi connectivity index (χ4v) is 14.4. The van der Waals surface area contributed by atoms with E-state index in [1.54, 1.807) is 117 Å². The molecule has 1 aliphatic rings. The highest BCUT2D eigenvalue weighted by Crippen LogP contribution is 2.34. The Hall–Kier alpha value is -11.0. The first-order valence-electron chi connectivity index (χ1n) is 39.8. The normalized spacial score (nSPS) is 19.6. The Balaban J connectivity index is 1.28. The van der Waals surface area contributed by atoms with Gasteiger partial charge in [0.25, 0.3) is 5.91 Å². The zero-order chi connectivity index (χ0) is 88.0. The summed E-state index contributed by atoms with van der Waals surface area (Å²) >= 11 is 2.77. The van der Waals surface area contributed by atoms with Crippen LogP contribution in [0.2, 0.25) is 0 Å². The Morgan fingerprint density at radius 3 is 1.87 bits per heavy atom. The fraction of sp³-hybridized carbons (Fsp3) is 0.500. The Bertz CT molecular complexity index is 4300. The van der Waals surface area contributed by atoms with E-state index in [9.17, 15) is 72.5 Å². The van der Waals surface area contributed by atoms with Crippen LogP contribution < -0.4 is 97.8 Å². The summed E-state index contributed by atoms with van der Waals surface area (Å²) in [6.45, 7) is 4.07. The van der Waals surface area contributed by atoms with Gasteiger partial charge in [-0.1, -0.05) is 74.1 Å². The number of nitrogens with two attached hydrogens (primary N) is 5. The minimum atomic E-state index is -1.89. The van der Waals surface area contributed by atoms with Crippen LogP contribution in [-0.4, -0.2) is 263 Å². The summed E-state index contributed by atoms with van der Waals surface area (Å²) in [5, 5.41) is 61.2. The molecule has 0 spiro atoms. The Morgan fingerprint density at radius 1 is 0.650 bits per heavy atom. The number of nitrogens with zero attached hydrogens (tertiary/aromatic N) is 4. The van der Waals surface area contributed by atoms with Crippen LogP contribution in [0.3, 0.4) is 0 Å². The van der Waals surface area contributed by atoms with Gasteiger partial charge < -0.3 is 113 Å². The lowest BCUT2D eigenvalue weighted by atomic mass is 10.00. The molecule has 6 rings (SSSR count). The second-order valence-corrected chi connectivity index (χ2v) is 31.2. The molecule has 120 heavy (non-hydrogen) atoms. The van der Waals surface area contributed by atoms with Gasteiger partial charge in [-0.15, -0.1) is 0 Å². The van der Waals surface area contributed by atoms with Crippen LogP contribution in [0.25, 0.3) is 23.1 Å². The van der Waals surface area contributed by atoms with E-state index in [1.165, 1.54) is 47.1 Å². The third-order valence-electron chi connectivity index (χ3n) is 19.3. The molecule has 25 N–H and O–H groups in total. The first kappa shape index (κ1) is 97.8. The average Bonchev–Trinajstić information content (AvgIpc) is 1.62. The van der Waals surface area contributed by atoms with Gasteiger partial charge in [0.05, 0.1) is 34.7 Å². The van der Waals surface area contributed by atoms with Gasteiger partial charge in [-0.25, -0.2) is 4.79 Å². The van der Waals surface area contributed by atoms with Crippen LogP contribution in [0.15, 0.2) is 107 Å². The summed E-state index contributed by atoms with van der Waals surface area (Å²) in [5.41, 5.74) is 32.1. The summed E-state index contributed by atoms with van der Waals surface area (Å²) in [6.07, 6.45) is 2.36.